The maximum absolute atomic E-state index is 11.9. The number of carbonyl (C=O) groups excluding carboxylic acids is 1. The first-order valence-electron chi connectivity index (χ1n) is 5.14. The molecule has 0 spiro atoms. The third kappa shape index (κ3) is 3.86. The first-order chi connectivity index (χ1) is 8.97. The molecule has 0 aliphatic rings. The molecule has 0 atom stereocenters. The zero-order valence-corrected chi connectivity index (χ0v) is 14.0. The molecule has 2 aromatic rings. The van der Waals surface area contributed by atoms with Gasteiger partial charge in [-0.15, -0.1) is 11.3 Å². The van der Waals surface area contributed by atoms with Crippen molar-refractivity contribution in [2.75, 3.05) is 0 Å². The molecule has 2 nitrogen and oxygen atoms in total. The fourth-order valence-electron chi connectivity index (χ4n) is 1.43. The molecule has 0 fully saturated rings. The van der Waals surface area contributed by atoms with Crippen LogP contribution in [-0.4, -0.2) is 5.91 Å². The molecule has 1 N–H and O–H groups in total. The maximum atomic E-state index is 11.9. The predicted molar refractivity (Wildman–Crippen MR) is 84.7 cm³/mol. The van der Waals surface area contributed by atoms with E-state index >= 15 is 0 Å². The minimum absolute atomic E-state index is 0.271. The van der Waals surface area contributed by atoms with E-state index in [2.05, 4.69) is 21.2 Å². The van der Waals surface area contributed by atoms with E-state index in [9.17, 15) is 4.79 Å². The van der Waals surface area contributed by atoms with Crippen molar-refractivity contribution in [3.05, 3.63) is 53.6 Å². The van der Waals surface area contributed by atoms with E-state index < -0.39 is 0 Å². The lowest BCUT2D eigenvalue weighted by Gasteiger charge is -2.06. The van der Waals surface area contributed by atoms with Crippen LogP contribution in [0.4, 0.5) is 0 Å². The van der Waals surface area contributed by atoms with Gasteiger partial charge in [-0.05, 0) is 23.8 Å². The molecule has 0 radical (unpaired) electrons. The Hall–Kier alpha value is -0.260. The second-order valence-corrected chi connectivity index (χ2v) is 7.26. The number of amides is 1. The Kier molecular flexibility index (Phi) is 5.15. The lowest BCUT2D eigenvalue weighted by molar-refractivity contribution is 0.0951. The summed E-state index contributed by atoms with van der Waals surface area (Å²) in [5.41, 5.74) is 1.21. The number of benzene rings is 1. The number of hydrogen-bond acceptors (Lipinski definition) is 2. The van der Waals surface area contributed by atoms with Crippen LogP contribution in [0.3, 0.4) is 0 Å². The highest BCUT2D eigenvalue weighted by molar-refractivity contribution is 9.10. The van der Waals surface area contributed by atoms with Gasteiger partial charge in [-0.3, -0.25) is 4.79 Å². The second-order valence-electron chi connectivity index (χ2n) is 3.66. The average Bonchev–Trinajstić information content (AvgIpc) is 2.67. The maximum Gasteiger partial charge on any atom is 0.253 e. The quantitative estimate of drug-likeness (QED) is 0.736. The van der Waals surface area contributed by atoms with Gasteiger partial charge in [-0.1, -0.05) is 56.8 Å². The molecule has 0 saturated carbocycles. The van der Waals surface area contributed by atoms with Crippen molar-refractivity contribution in [3.63, 3.8) is 0 Å². The van der Waals surface area contributed by atoms with Crippen LogP contribution in [0, 0.1) is 0 Å². The van der Waals surface area contributed by atoms with E-state index in [1.807, 2.05) is 12.1 Å². The Labute approximate surface area is 137 Å². The minimum atomic E-state index is -0.271. The van der Waals surface area contributed by atoms with Gasteiger partial charge in [0.1, 0.15) is 4.34 Å². The highest BCUT2D eigenvalue weighted by Gasteiger charge is 2.14. The standard InChI is InChI=1S/C12H7BrCl3NOS/c13-7-2-1-6(9(14)3-7)5-17-12(18)8-4-10(15)19-11(8)16/h1-4H,5H2,(H,17,18). The summed E-state index contributed by atoms with van der Waals surface area (Å²) in [6.07, 6.45) is 0. The van der Waals surface area contributed by atoms with Crippen LogP contribution in [0.25, 0.3) is 0 Å². The molecule has 1 aromatic heterocycles. The molecule has 19 heavy (non-hydrogen) atoms. The average molecular weight is 400 g/mol. The molecule has 100 valence electrons. The molecule has 0 aliphatic heterocycles. The van der Waals surface area contributed by atoms with E-state index in [1.165, 1.54) is 0 Å². The van der Waals surface area contributed by atoms with Crippen molar-refractivity contribution < 1.29 is 4.79 Å². The number of halogens is 4. The third-order valence-electron chi connectivity index (χ3n) is 2.36. The van der Waals surface area contributed by atoms with E-state index in [-0.39, 0.29) is 5.91 Å². The summed E-state index contributed by atoms with van der Waals surface area (Å²) < 4.78 is 1.75. The largest absolute Gasteiger partial charge is 0.348 e. The van der Waals surface area contributed by atoms with Crippen LogP contribution >= 0.6 is 62.1 Å². The molecular weight excluding hydrogens is 392 g/mol. The molecule has 1 amide bonds. The fraction of sp³-hybridized carbons (Fsp3) is 0.0833. The summed E-state index contributed by atoms with van der Waals surface area (Å²) in [6.45, 7) is 0.328. The van der Waals surface area contributed by atoms with Crippen molar-refractivity contribution in [2.45, 2.75) is 6.54 Å². The topological polar surface area (TPSA) is 29.1 Å². The molecule has 0 unspecified atom stereocenters. The minimum Gasteiger partial charge on any atom is -0.348 e. The predicted octanol–water partition coefficient (Wildman–Crippen LogP) is 5.40. The molecule has 1 aromatic carbocycles. The van der Waals surface area contributed by atoms with Crippen molar-refractivity contribution in [2.24, 2.45) is 0 Å². The van der Waals surface area contributed by atoms with Crippen LogP contribution in [0.5, 0.6) is 0 Å². The lowest BCUT2D eigenvalue weighted by Crippen LogP contribution is -2.22. The summed E-state index contributed by atoms with van der Waals surface area (Å²) >= 11 is 22.3. The first kappa shape index (κ1) is 15.1. The van der Waals surface area contributed by atoms with Gasteiger partial charge < -0.3 is 5.32 Å². The number of hydrogen-bond donors (Lipinski definition) is 1. The Morgan fingerprint density at radius 2 is 2.00 bits per heavy atom. The third-order valence-corrected chi connectivity index (χ3v) is 4.69. The van der Waals surface area contributed by atoms with Crippen LogP contribution < -0.4 is 5.32 Å². The van der Waals surface area contributed by atoms with Crippen LogP contribution in [-0.2, 0) is 6.54 Å². The zero-order chi connectivity index (χ0) is 14.0. The smallest absolute Gasteiger partial charge is 0.253 e. The molecule has 0 aliphatic carbocycles. The van der Waals surface area contributed by atoms with Crippen molar-refractivity contribution in [1.29, 1.82) is 0 Å². The summed E-state index contributed by atoms with van der Waals surface area (Å²) in [4.78, 5) is 11.9. The fourth-order valence-corrected chi connectivity index (χ4v) is 3.63. The summed E-state index contributed by atoms with van der Waals surface area (Å²) in [5.74, 6) is -0.271. The summed E-state index contributed by atoms with van der Waals surface area (Å²) in [6, 6.07) is 7.03. The van der Waals surface area contributed by atoms with Gasteiger partial charge in [0.15, 0.2) is 0 Å². The molecule has 2 rings (SSSR count). The first-order valence-corrected chi connectivity index (χ1v) is 7.88. The van der Waals surface area contributed by atoms with Gasteiger partial charge in [0, 0.05) is 16.0 Å². The van der Waals surface area contributed by atoms with Gasteiger partial charge in [0.2, 0.25) is 0 Å². The highest BCUT2D eigenvalue weighted by Crippen LogP contribution is 2.31. The Morgan fingerprint density at radius 1 is 1.26 bits per heavy atom. The number of nitrogens with one attached hydrogen (secondary N) is 1. The number of carbonyl (C=O) groups is 1. The Morgan fingerprint density at radius 3 is 2.58 bits per heavy atom. The lowest BCUT2D eigenvalue weighted by atomic mass is 10.2. The van der Waals surface area contributed by atoms with E-state index in [0.717, 1.165) is 21.4 Å². The number of rotatable bonds is 3. The molecule has 1 heterocycles. The van der Waals surface area contributed by atoms with Gasteiger partial charge in [-0.2, -0.15) is 0 Å². The van der Waals surface area contributed by atoms with Crippen molar-refractivity contribution in [1.82, 2.24) is 5.32 Å². The highest BCUT2D eigenvalue weighted by atomic mass is 79.9. The van der Waals surface area contributed by atoms with Gasteiger partial charge >= 0.3 is 0 Å². The van der Waals surface area contributed by atoms with E-state index in [4.69, 9.17) is 34.8 Å². The molecular formula is C12H7BrCl3NOS. The Balaban J connectivity index is 2.06. The molecule has 0 bridgehead atoms. The SMILES string of the molecule is O=C(NCc1ccc(Br)cc1Cl)c1cc(Cl)sc1Cl. The van der Waals surface area contributed by atoms with E-state index in [0.29, 0.717) is 25.8 Å². The van der Waals surface area contributed by atoms with Crippen LogP contribution in [0.2, 0.25) is 13.7 Å². The summed E-state index contributed by atoms with van der Waals surface area (Å²) in [5, 5.41) is 3.34. The normalized spacial score (nSPS) is 10.5. The van der Waals surface area contributed by atoms with E-state index in [1.54, 1.807) is 12.1 Å². The van der Waals surface area contributed by atoms with Crippen molar-refractivity contribution >= 4 is 68.0 Å². The molecule has 0 saturated heterocycles. The van der Waals surface area contributed by atoms with Crippen molar-refractivity contribution in [3.8, 4) is 0 Å². The van der Waals surface area contributed by atoms with Crippen LogP contribution in [0.1, 0.15) is 15.9 Å². The van der Waals surface area contributed by atoms with Gasteiger partial charge in [0.25, 0.3) is 5.91 Å². The number of thiophene rings is 1. The molecule has 7 heteroatoms. The zero-order valence-electron chi connectivity index (χ0n) is 9.34. The second kappa shape index (κ2) is 6.46. The summed E-state index contributed by atoms with van der Waals surface area (Å²) in [7, 11) is 0. The Bertz CT molecular complexity index is 629. The van der Waals surface area contributed by atoms with Crippen LogP contribution in [0.15, 0.2) is 28.7 Å². The van der Waals surface area contributed by atoms with Gasteiger partial charge in [0.05, 0.1) is 9.90 Å². The monoisotopic (exact) mass is 397 g/mol. The van der Waals surface area contributed by atoms with Gasteiger partial charge in [-0.25, -0.2) is 0 Å².